The third-order valence-electron chi connectivity index (χ3n) is 9.01. The molecule has 2 aliphatic heterocycles. The van der Waals surface area contributed by atoms with Crippen LogP contribution in [0.4, 0.5) is 30.2 Å². The van der Waals surface area contributed by atoms with E-state index in [9.17, 15) is 22.8 Å². The number of rotatable bonds is 12. The van der Waals surface area contributed by atoms with Gasteiger partial charge in [-0.25, -0.2) is 0 Å². The fourth-order valence-electron chi connectivity index (χ4n) is 6.31. The fraction of sp³-hybridized carbons (Fsp3) is 0.368. The van der Waals surface area contributed by atoms with Crippen LogP contribution in [0.5, 0.6) is 5.75 Å². The van der Waals surface area contributed by atoms with Gasteiger partial charge in [0.2, 0.25) is 5.91 Å². The molecule has 1 saturated heterocycles. The molecule has 0 aliphatic carbocycles. The lowest BCUT2D eigenvalue weighted by molar-refractivity contribution is -0.149. The zero-order chi connectivity index (χ0) is 35.3. The van der Waals surface area contributed by atoms with E-state index in [1.807, 2.05) is 59.5 Å². The number of nitrogens with zero attached hydrogens (tertiary/aromatic N) is 3. The van der Waals surface area contributed by atoms with Crippen LogP contribution in [0.25, 0.3) is 10.8 Å². The third-order valence-corrected chi connectivity index (χ3v) is 10.1. The van der Waals surface area contributed by atoms with E-state index < -0.39 is 17.7 Å². The number of halogens is 3. The number of benzene rings is 4. The molecule has 1 atom stereocenters. The number of carbonyl (C=O) groups excluding carboxylic acids is 2. The van der Waals surface area contributed by atoms with E-state index >= 15 is 0 Å². The number of fused-ring (bicyclic) bond motifs is 3. The Morgan fingerprint density at radius 1 is 0.860 bits per heavy atom. The lowest BCUT2D eigenvalue weighted by atomic mass is 10.1. The molecule has 8 nitrogen and oxygen atoms in total. The predicted molar refractivity (Wildman–Crippen MR) is 190 cm³/mol. The first kappa shape index (κ1) is 35.6. The Bertz CT molecular complexity index is 1830. The van der Waals surface area contributed by atoms with Crippen molar-refractivity contribution in [3.63, 3.8) is 0 Å². The Labute approximate surface area is 294 Å². The summed E-state index contributed by atoms with van der Waals surface area (Å²) in [5.74, 6) is -0.552. The van der Waals surface area contributed by atoms with Crippen molar-refractivity contribution in [2.24, 2.45) is 5.92 Å². The summed E-state index contributed by atoms with van der Waals surface area (Å²) in [5, 5.41) is 4.68. The number of anilines is 3. The Morgan fingerprint density at radius 3 is 2.32 bits per heavy atom. The van der Waals surface area contributed by atoms with E-state index in [1.54, 1.807) is 19.1 Å². The molecule has 12 heteroatoms. The summed E-state index contributed by atoms with van der Waals surface area (Å²) in [6.45, 7) is 9.07. The van der Waals surface area contributed by atoms with Crippen molar-refractivity contribution in [1.82, 2.24) is 9.80 Å². The lowest BCUT2D eigenvalue weighted by Crippen LogP contribution is -2.47. The van der Waals surface area contributed by atoms with Crippen LogP contribution in [0.15, 0.2) is 88.7 Å². The van der Waals surface area contributed by atoms with Gasteiger partial charge in [0.1, 0.15) is 19.0 Å². The van der Waals surface area contributed by atoms with E-state index in [0.717, 1.165) is 71.5 Å². The van der Waals surface area contributed by atoms with Crippen molar-refractivity contribution in [3.8, 4) is 5.75 Å². The molecule has 1 fully saturated rings. The van der Waals surface area contributed by atoms with Crippen molar-refractivity contribution in [2.75, 3.05) is 69.2 Å². The molecule has 0 aromatic heterocycles. The number of piperazine rings is 1. The summed E-state index contributed by atoms with van der Waals surface area (Å²) < 4.78 is 52.2. The molecule has 0 spiro atoms. The zero-order valence-corrected chi connectivity index (χ0v) is 29.0. The van der Waals surface area contributed by atoms with Crippen LogP contribution >= 0.6 is 11.8 Å². The highest BCUT2D eigenvalue weighted by molar-refractivity contribution is 7.99. The molecular weight excluding hydrogens is 666 g/mol. The molecule has 0 radical (unpaired) electrons. The van der Waals surface area contributed by atoms with Gasteiger partial charge in [-0.2, -0.15) is 13.2 Å². The van der Waals surface area contributed by atoms with Gasteiger partial charge < -0.3 is 24.6 Å². The Balaban J connectivity index is 0.933. The molecule has 50 heavy (non-hydrogen) atoms. The van der Waals surface area contributed by atoms with Crippen molar-refractivity contribution in [2.45, 2.75) is 36.2 Å². The summed E-state index contributed by atoms with van der Waals surface area (Å²) in [4.78, 5) is 33.1. The minimum atomic E-state index is -4.40. The number of amides is 1. The molecule has 264 valence electrons. The molecule has 1 unspecified atom stereocenters. The summed E-state index contributed by atoms with van der Waals surface area (Å²) in [5.41, 5.74) is 1.49. The van der Waals surface area contributed by atoms with Gasteiger partial charge in [-0.1, -0.05) is 54.2 Å². The quantitative estimate of drug-likeness (QED) is 0.151. The number of carbonyl (C=O) groups is 2. The molecule has 2 heterocycles. The molecule has 0 bridgehead atoms. The first-order valence-electron chi connectivity index (χ1n) is 16.9. The highest BCUT2D eigenvalue weighted by Crippen LogP contribution is 2.49. The molecule has 4 aromatic rings. The van der Waals surface area contributed by atoms with Crippen LogP contribution in [-0.4, -0.2) is 80.7 Å². The third kappa shape index (κ3) is 8.54. The van der Waals surface area contributed by atoms with Crippen LogP contribution in [0.3, 0.4) is 0 Å². The van der Waals surface area contributed by atoms with Crippen LogP contribution in [0.1, 0.15) is 25.8 Å². The number of esters is 1. The Kier molecular flexibility index (Phi) is 11.2. The topological polar surface area (TPSA) is 74.3 Å². The second-order valence-corrected chi connectivity index (χ2v) is 13.7. The van der Waals surface area contributed by atoms with Crippen molar-refractivity contribution >= 4 is 51.5 Å². The monoisotopic (exact) mass is 706 g/mol. The minimum absolute atomic E-state index is 0.110. The summed E-state index contributed by atoms with van der Waals surface area (Å²) in [6, 6.07) is 23.3. The number of alkyl halides is 3. The van der Waals surface area contributed by atoms with Crippen LogP contribution < -0.4 is 15.0 Å². The predicted octanol–water partition coefficient (Wildman–Crippen LogP) is 7.69. The maximum absolute atomic E-state index is 13.6. The van der Waals surface area contributed by atoms with Crippen LogP contribution in [0.2, 0.25) is 0 Å². The number of hydrogen-bond acceptors (Lipinski definition) is 8. The second-order valence-electron chi connectivity index (χ2n) is 12.7. The smallest absolute Gasteiger partial charge is 0.416 e. The molecule has 4 aromatic carbocycles. The number of hydrogen-bond donors (Lipinski definition) is 1. The Morgan fingerprint density at radius 2 is 1.56 bits per heavy atom. The SMILES string of the molecule is CC(=O)Nc1c(OCC(C)C(=O)OCCN2CCN(CCCN3c4ccccc4Sc4ccc(C(F)(F)F)cc43)CC2)ccc2ccccc12. The van der Waals surface area contributed by atoms with Gasteiger partial charge in [0.25, 0.3) is 0 Å². The van der Waals surface area contributed by atoms with E-state index in [-0.39, 0.29) is 25.1 Å². The summed E-state index contributed by atoms with van der Waals surface area (Å²) in [7, 11) is 0. The molecule has 1 amide bonds. The first-order chi connectivity index (χ1) is 24.1. The zero-order valence-electron chi connectivity index (χ0n) is 28.2. The molecule has 1 N–H and O–H groups in total. The number of nitrogens with one attached hydrogen (secondary N) is 1. The minimum Gasteiger partial charge on any atom is -0.490 e. The average molecular weight is 707 g/mol. The van der Waals surface area contributed by atoms with Crippen LogP contribution in [0, 0.1) is 5.92 Å². The van der Waals surface area contributed by atoms with Gasteiger partial charge in [0, 0.05) is 61.4 Å². The largest absolute Gasteiger partial charge is 0.490 e. The maximum atomic E-state index is 13.6. The average Bonchev–Trinajstić information content (AvgIpc) is 3.10. The van der Waals surface area contributed by atoms with Gasteiger partial charge in [0.15, 0.2) is 0 Å². The van der Waals surface area contributed by atoms with E-state index in [0.29, 0.717) is 30.2 Å². The van der Waals surface area contributed by atoms with Crippen LogP contribution in [-0.2, 0) is 20.5 Å². The van der Waals surface area contributed by atoms with E-state index in [1.165, 1.54) is 24.8 Å². The van der Waals surface area contributed by atoms with Crippen molar-refractivity contribution in [3.05, 3.63) is 84.4 Å². The van der Waals surface area contributed by atoms with Gasteiger partial charge in [0.05, 0.1) is 28.5 Å². The highest BCUT2D eigenvalue weighted by atomic mass is 32.2. The molecule has 6 rings (SSSR count). The fourth-order valence-corrected chi connectivity index (χ4v) is 7.39. The van der Waals surface area contributed by atoms with Crippen molar-refractivity contribution in [1.29, 1.82) is 0 Å². The number of ether oxygens (including phenoxy) is 2. The molecule has 0 saturated carbocycles. The standard InChI is InChI=1S/C38H41F3N4O4S/c1-26(25-49-33-14-12-28-8-3-4-9-30(28)36(33)42-27(2)46)37(47)48-23-22-44-20-18-43(19-21-44)16-7-17-45-31-10-5-6-11-34(31)50-35-15-13-29(24-32(35)45)38(39,40)41/h3-6,8-15,24,26H,7,16-23,25H2,1-2H3,(H,42,46). The molecule has 2 aliphatic rings. The number of para-hydroxylation sites is 1. The van der Waals surface area contributed by atoms with Gasteiger partial charge >= 0.3 is 12.1 Å². The maximum Gasteiger partial charge on any atom is 0.416 e. The summed E-state index contributed by atoms with van der Waals surface area (Å²) >= 11 is 1.51. The normalized spacial score (nSPS) is 15.7. The van der Waals surface area contributed by atoms with Gasteiger partial charge in [-0.15, -0.1) is 0 Å². The van der Waals surface area contributed by atoms with Gasteiger partial charge in [-0.3, -0.25) is 14.5 Å². The van der Waals surface area contributed by atoms with Crippen molar-refractivity contribution < 1.29 is 32.2 Å². The lowest BCUT2D eigenvalue weighted by Gasteiger charge is -2.36. The van der Waals surface area contributed by atoms with Gasteiger partial charge in [-0.05, 0) is 61.7 Å². The second kappa shape index (κ2) is 15.7. The Hall–Kier alpha value is -4.26. The van der Waals surface area contributed by atoms with E-state index in [4.69, 9.17) is 9.47 Å². The van der Waals surface area contributed by atoms with E-state index in [2.05, 4.69) is 15.1 Å². The highest BCUT2D eigenvalue weighted by Gasteiger charge is 2.33. The summed E-state index contributed by atoms with van der Waals surface area (Å²) in [6.07, 6.45) is -3.59. The molecular formula is C38H41F3N4O4S. The first-order valence-corrected chi connectivity index (χ1v) is 17.7.